The Morgan fingerprint density at radius 2 is 2.20 bits per heavy atom. The summed E-state index contributed by atoms with van der Waals surface area (Å²) in [5.74, 6) is 2.81. The monoisotopic (exact) mass is 434 g/mol. The average Bonchev–Trinajstić information content (AvgIpc) is 3.16. The van der Waals surface area contributed by atoms with Crippen molar-refractivity contribution in [2.45, 2.75) is 20.3 Å². The molecule has 1 unspecified atom stereocenters. The lowest BCUT2D eigenvalue weighted by atomic mass is 10.2. The fourth-order valence-corrected chi connectivity index (χ4v) is 3.89. The highest BCUT2D eigenvalue weighted by atomic mass is 32.2. The summed E-state index contributed by atoms with van der Waals surface area (Å²) in [5.41, 5.74) is 1.62. The average molecular weight is 435 g/mol. The molecule has 1 aliphatic heterocycles. The first-order valence-corrected chi connectivity index (χ1v) is 11.8. The maximum atomic E-state index is 11.1. The zero-order valence-electron chi connectivity index (χ0n) is 18.1. The van der Waals surface area contributed by atoms with Gasteiger partial charge in [0.1, 0.15) is 11.4 Å². The molecule has 0 N–H and O–H groups in total. The molecule has 3 heterocycles. The van der Waals surface area contributed by atoms with Crippen LogP contribution >= 0.6 is 0 Å². The molecule has 3 rings (SSSR count). The molecule has 0 bridgehead atoms. The number of ether oxygens (including phenoxy) is 2. The SMILES string of the molecule is C/C=C(/c1cc2c(N3CCOCC3)nccc2o1)N(C)/N=C(\C)OCCCS(C)=O. The van der Waals surface area contributed by atoms with Gasteiger partial charge in [-0.3, -0.25) is 9.22 Å². The van der Waals surface area contributed by atoms with Crippen LogP contribution in [0.2, 0.25) is 0 Å². The lowest BCUT2D eigenvalue weighted by Crippen LogP contribution is -2.36. The lowest BCUT2D eigenvalue weighted by Gasteiger charge is -2.28. The second kappa shape index (κ2) is 10.6. The standard InChI is InChI=1S/C21H30N4O4S/c1-5-18(24(3)23-16(2)28-11-6-14-30(4)26)20-15-17-19(29-20)7-8-22-21(17)25-9-12-27-13-10-25/h5,7-8,15H,6,9-14H2,1-4H3/b18-5-,23-16+. The van der Waals surface area contributed by atoms with E-state index < -0.39 is 10.8 Å². The summed E-state index contributed by atoms with van der Waals surface area (Å²) in [6, 6.07) is 3.90. The number of rotatable bonds is 8. The van der Waals surface area contributed by atoms with E-state index in [9.17, 15) is 4.21 Å². The molecule has 0 aliphatic carbocycles. The van der Waals surface area contributed by atoms with Gasteiger partial charge in [0.2, 0.25) is 5.90 Å². The van der Waals surface area contributed by atoms with Gasteiger partial charge >= 0.3 is 0 Å². The molecule has 1 saturated heterocycles. The van der Waals surface area contributed by atoms with Crippen LogP contribution in [0.4, 0.5) is 5.82 Å². The van der Waals surface area contributed by atoms with Crippen LogP contribution in [-0.4, -0.2) is 72.1 Å². The van der Waals surface area contributed by atoms with Crippen molar-refractivity contribution < 1.29 is 18.1 Å². The van der Waals surface area contributed by atoms with Crippen molar-refractivity contribution >= 4 is 39.2 Å². The van der Waals surface area contributed by atoms with Crippen molar-refractivity contribution in [1.82, 2.24) is 9.99 Å². The summed E-state index contributed by atoms with van der Waals surface area (Å²) >= 11 is 0. The highest BCUT2D eigenvalue weighted by Crippen LogP contribution is 2.32. The molecule has 1 aliphatic rings. The molecule has 8 nitrogen and oxygen atoms in total. The Balaban J connectivity index is 1.76. The molecule has 0 radical (unpaired) electrons. The Hall–Kier alpha value is -2.39. The number of aromatic nitrogens is 1. The van der Waals surface area contributed by atoms with Crippen LogP contribution in [0.5, 0.6) is 0 Å². The molecular formula is C21H30N4O4S. The Morgan fingerprint density at radius 3 is 2.90 bits per heavy atom. The van der Waals surface area contributed by atoms with E-state index in [1.165, 1.54) is 0 Å². The Bertz CT molecular complexity index is 934. The second-order valence-corrected chi connectivity index (χ2v) is 8.61. The van der Waals surface area contributed by atoms with E-state index in [1.54, 1.807) is 17.5 Å². The summed E-state index contributed by atoms with van der Waals surface area (Å²) in [4.78, 5) is 6.81. The number of hydrazone groups is 1. The largest absolute Gasteiger partial charge is 0.480 e. The summed E-state index contributed by atoms with van der Waals surface area (Å²) < 4.78 is 28.4. The number of pyridine rings is 1. The van der Waals surface area contributed by atoms with Gasteiger partial charge in [0, 0.05) is 56.1 Å². The van der Waals surface area contributed by atoms with Gasteiger partial charge in [0.05, 0.1) is 30.9 Å². The van der Waals surface area contributed by atoms with E-state index in [4.69, 9.17) is 13.9 Å². The number of hydrogen-bond acceptors (Lipinski definition) is 8. The van der Waals surface area contributed by atoms with Crippen molar-refractivity contribution in [3.63, 3.8) is 0 Å². The number of fused-ring (bicyclic) bond motifs is 1. The van der Waals surface area contributed by atoms with Crippen LogP contribution in [0.1, 0.15) is 26.0 Å². The highest BCUT2D eigenvalue weighted by Gasteiger charge is 2.19. The Kier molecular flexibility index (Phi) is 7.87. The molecule has 9 heteroatoms. The fraction of sp³-hybridized carbons (Fsp3) is 0.524. The first-order chi connectivity index (χ1) is 14.5. The highest BCUT2D eigenvalue weighted by molar-refractivity contribution is 7.84. The zero-order valence-corrected chi connectivity index (χ0v) is 18.9. The molecule has 2 aromatic rings. The summed E-state index contributed by atoms with van der Waals surface area (Å²) in [6.07, 6.45) is 6.16. The second-order valence-electron chi connectivity index (χ2n) is 7.05. The minimum atomic E-state index is -0.804. The minimum absolute atomic E-state index is 0.493. The van der Waals surface area contributed by atoms with Gasteiger partial charge in [0.25, 0.3) is 0 Å². The topological polar surface area (TPSA) is 80.4 Å². The summed E-state index contributed by atoms with van der Waals surface area (Å²) in [7, 11) is 1.05. The smallest absolute Gasteiger partial charge is 0.203 e. The van der Waals surface area contributed by atoms with Gasteiger partial charge in [-0.1, -0.05) is 6.08 Å². The minimum Gasteiger partial charge on any atom is -0.480 e. The predicted molar refractivity (Wildman–Crippen MR) is 121 cm³/mol. The van der Waals surface area contributed by atoms with Crippen LogP contribution in [0.25, 0.3) is 16.7 Å². The van der Waals surface area contributed by atoms with Gasteiger partial charge in [-0.2, -0.15) is 0 Å². The van der Waals surface area contributed by atoms with Gasteiger partial charge in [-0.25, -0.2) is 4.98 Å². The molecular weight excluding hydrogens is 404 g/mol. The van der Waals surface area contributed by atoms with Crippen molar-refractivity contribution in [2.24, 2.45) is 5.10 Å². The van der Waals surface area contributed by atoms with E-state index in [0.29, 0.717) is 31.5 Å². The predicted octanol–water partition coefficient (Wildman–Crippen LogP) is 3.08. The van der Waals surface area contributed by atoms with Crippen molar-refractivity contribution in [2.75, 3.05) is 56.9 Å². The van der Waals surface area contributed by atoms with Gasteiger partial charge in [0.15, 0.2) is 5.76 Å². The van der Waals surface area contributed by atoms with Gasteiger partial charge in [-0.05, 0) is 25.5 Å². The third-order valence-electron chi connectivity index (χ3n) is 4.79. The quantitative estimate of drug-likeness (QED) is 0.273. The van der Waals surface area contributed by atoms with Crippen LogP contribution in [0.15, 0.2) is 33.9 Å². The molecule has 0 amide bonds. The number of morpholine rings is 1. The lowest BCUT2D eigenvalue weighted by molar-refractivity contribution is 0.122. The molecule has 1 atom stereocenters. The zero-order chi connectivity index (χ0) is 21.5. The number of allylic oxidation sites excluding steroid dienone is 1. The normalized spacial score (nSPS) is 16.7. The van der Waals surface area contributed by atoms with E-state index in [0.717, 1.165) is 47.8 Å². The maximum absolute atomic E-state index is 11.1. The molecule has 0 aromatic carbocycles. The van der Waals surface area contributed by atoms with E-state index in [-0.39, 0.29) is 0 Å². The maximum Gasteiger partial charge on any atom is 0.203 e. The Labute approximate surface area is 180 Å². The summed E-state index contributed by atoms with van der Waals surface area (Å²) in [5, 5.41) is 7.23. The molecule has 30 heavy (non-hydrogen) atoms. The third kappa shape index (κ3) is 5.60. The van der Waals surface area contributed by atoms with Crippen molar-refractivity contribution in [3.8, 4) is 0 Å². The summed E-state index contributed by atoms with van der Waals surface area (Å²) in [6.45, 7) is 7.29. The van der Waals surface area contributed by atoms with Crippen molar-refractivity contribution in [3.05, 3.63) is 30.2 Å². The molecule has 2 aromatic heterocycles. The number of nitrogens with zero attached hydrogens (tertiary/aromatic N) is 4. The molecule has 164 valence electrons. The van der Waals surface area contributed by atoms with E-state index in [1.807, 2.05) is 39.1 Å². The number of anilines is 1. The Morgan fingerprint density at radius 1 is 1.43 bits per heavy atom. The van der Waals surface area contributed by atoms with E-state index >= 15 is 0 Å². The molecule has 0 saturated carbocycles. The number of hydrogen-bond donors (Lipinski definition) is 0. The van der Waals surface area contributed by atoms with E-state index in [2.05, 4.69) is 15.0 Å². The van der Waals surface area contributed by atoms with Crippen LogP contribution in [-0.2, 0) is 20.3 Å². The van der Waals surface area contributed by atoms with Crippen molar-refractivity contribution in [1.29, 1.82) is 0 Å². The van der Waals surface area contributed by atoms with Gasteiger partial charge in [-0.15, -0.1) is 5.10 Å². The fourth-order valence-electron chi connectivity index (χ4n) is 3.37. The van der Waals surface area contributed by atoms with Crippen LogP contribution < -0.4 is 4.90 Å². The van der Waals surface area contributed by atoms with Crippen LogP contribution in [0, 0.1) is 0 Å². The first kappa shape index (κ1) is 22.3. The molecule has 1 fully saturated rings. The number of furan rings is 1. The van der Waals surface area contributed by atoms with Gasteiger partial charge < -0.3 is 18.8 Å². The van der Waals surface area contributed by atoms with Crippen LogP contribution in [0.3, 0.4) is 0 Å². The first-order valence-electron chi connectivity index (χ1n) is 10.1. The molecule has 0 spiro atoms. The third-order valence-corrected chi connectivity index (χ3v) is 5.65.